The number of nitrogens with zero attached hydrogens (tertiary/aromatic N) is 1. The highest BCUT2D eigenvalue weighted by Gasteiger charge is 1.98. The minimum atomic E-state index is 0.644. The molecule has 0 radical (unpaired) electrons. The van der Waals surface area contributed by atoms with Crippen LogP contribution in [0.2, 0.25) is 0 Å². The molecule has 0 aliphatic carbocycles. The Hall–Kier alpha value is -1.64. The molecule has 0 N–H and O–H groups in total. The van der Waals surface area contributed by atoms with Gasteiger partial charge < -0.3 is 4.74 Å². The van der Waals surface area contributed by atoms with Crippen LogP contribution >= 0.6 is 0 Å². The van der Waals surface area contributed by atoms with Crippen molar-refractivity contribution in [3.63, 3.8) is 0 Å². The van der Waals surface area contributed by atoms with Gasteiger partial charge in [-0.05, 0) is 5.56 Å². The summed E-state index contributed by atoms with van der Waals surface area (Å²) < 4.78 is 5.58. The summed E-state index contributed by atoms with van der Waals surface area (Å²) in [5.74, 6) is 0. The van der Waals surface area contributed by atoms with E-state index in [-0.39, 0.29) is 0 Å². The summed E-state index contributed by atoms with van der Waals surface area (Å²) in [7, 11) is 0. The number of ether oxygens (including phenoxy) is 1. The van der Waals surface area contributed by atoms with Crippen LogP contribution in [0.3, 0.4) is 0 Å². The highest BCUT2D eigenvalue weighted by Crippen LogP contribution is 2.00. The average Bonchev–Trinajstić information content (AvgIpc) is 2.44. The fraction of sp³-hybridized carbons (Fsp3) is 0.294. The minimum absolute atomic E-state index is 0.644. The number of benzene rings is 1. The molecule has 19 heavy (non-hydrogen) atoms. The molecule has 1 rings (SSSR count). The van der Waals surface area contributed by atoms with Crippen molar-refractivity contribution in [2.45, 2.75) is 0 Å². The van der Waals surface area contributed by atoms with Crippen molar-refractivity contribution in [1.29, 1.82) is 0 Å². The SMILES string of the molecule is C=CCN(CC=C)CCOC/C=C/c1ccccc1. The Kier molecular flexibility index (Phi) is 8.36. The zero-order valence-electron chi connectivity index (χ0n) is 11.5. The Morgan fingerprint density at radius 3 is 2.37 bits per heavy atom. The Morgan fingerprint density at radius 2 is 1.74 bits per heavy atom. The lowest BCUT2D eigenvalue weighted by atomic mass is 10.2. The summed E-state index contributed by atoms with van der Waals surface area (Å²) in [5, 5.41) is 0. The molecule has 102 valence electrons. The van der Waals surface area contributed by atoms with Crippen LogP contribution in [0.1, 0.15) is 5.56 Å². The van der Waals surface area contributed by atoms with Crippen LogP contribution in [-0.4, -0.2) is 37.7 Å². The van der Waals surface area contributed by atoms with Crippen molar-refractivity contribution in [3.05, 3.63) is 67.3 Å². The average molecular weight is 257 g/mol. The highest BCUT2D eigenvalue weighted by molar-refractivity contribution is 5.48. The number of hydrogen-bond acceptors (Lipinski definition) is 2. The van der Waals surface area contributed by atoms with Crippen LogP contribution in [0, 0.1) is 0 Å². The Balaban J connectivity index is 2.14. The largest absolute Gasteiger partial charge is 0.376 e. The molecular formula is C17H23NO. The maximum Gasteiger partial charge on any atom is 0.0651 e. The molecule has 1 aromatic carbocycles. The molecule has 2 heteroatoms. The van der Waals surface area contributed by atoms with Gasteiger partial charge in [-0.1, -0.05) is 54.6 Å². The minimum Gasteiger partial charge on any atom is -0.376 e. The third kappa shape index (κ3) is 7.39. The van der Waals surface area contributed by atoms with E-state index in [1.54, 1.807) is 0 Å². The van der Waals surface area contributed by atoms with Crippen molar-refractivity contribution in [2.24, 2.45) is 0 Å². The van der Waals surface area contributed by atoms with E-state index in [4.69, 9.17) is 4.74 Å². The van der Waals surface area contributed by atoms with E-state index in [1.165, 1.54) is 5.56 Å². The molecule has 2 nitrogen and oxygen atoms in total. The first-order chi connectivity index (χ1) is 9.36. The predicted molar refractivity (Wildman–Crippen MR) is 83.1 cm³/mol. The van der Waals surface area contributed by atoms with Crippen molar-refractivity contribution in [1.82, 2.24) is 4.90 Å². The monoisotopic (exact) mass is 257 g/mol. The highest BCUT2D eigenvalue weighted by atomic mass is 16.5. The standard InChI is InChI=1S/C17H23NO/c1-3-12-18(13-4-2)14-16-19-15-8-11-17-9-6-5-7-10-17/h3-11H,1-2,12-16H2/b11-8+. The van der Waals surface area contributed by atoms with E-state index in [1.807, 2.05) is 36.4 Å². The molecule has 0 bridgehead atoms. The van der Waals surface area contributed by atoms with E-state index in [2.05, 4.69) is 36.3 Å². The molecule has 0 aliphatic rings. The van der Waals surface area contributed by atoms with Crippen molar-refractivity contribution in [2.75, 3.05) is 32.8 Å². The van der Waals surface area contributed by atoms with E-state index in [9.17, 15) is 0 Å². The molecule has 0 saturated heterocycles. The first kappa shape index (κ1) is 15.4. The van der Waals surface area contributed by atoms with Crippen LogP contribution in [0.25, 0.3) is 6.08 Å². The van der Waals surface area contributed by atoms with Crippen LogP contribution in [0.15, 0.2) is 61.7 Å². The Morgan fingerprint density at radius 1 is 1.05 bits per heavy atom. The van der Waals surface area contributed by atoms with Gasteiger partial charge in [-0.3, -0.25) is 4.90 Å². The smallest absolute Gasteiger partial charge is 0.0651 e. The van der Waals surface area contributed by atoms with Crippen molar-refractivity contribution >= 4 is 6.08 Å². The molecule has 1 aromatic rings. The molecule has 0 fully saturated rings. The van der Waals surface area contributed by atoms with Gasteiger partial charge >= 0.3 is 0 Å². The van der Waals surface area contributed by atoms with Crippen molar-refractivity contribution < 1.29 is 4.74 Å². The lowest BCUT2D eigenvalue weighted by molar-refractivity contribution is 0.133. The lowest BCUT2D eigenvalue weighted by Gasteiger charge is -2.17. The second kappa shape index (κ2) is 10.3. The van der Waals surface area contributed by atoms with Gasteiger partial charge in [0.15, 0.2) is 0 Å². The van der Waals surface area contributed by atoms with E-state index < -0.39 is 0 Å². The topological polar surface area (TPSA) is 12.5 Å². The predicted octanol–water partition coefficient (Wildman–Crippen LogP) is 3.39. The van der Waals surface area contributed by atoms with Gasteiger partial charge in [0, 0.05) is 19.6 Å². The van der Waals surface area contributed by atoms with Crippen LogP contribution in [0.5, 0.6) is 0 Å². The number of hydrogen-bond donors (Lipinski definition) is 0. The first-order valence-corrected chi connectivity index (χ1v) is 6.60. The van der Waals surface area contributed by atoms with E-state index in [0.29, 0.717) is 6.61 Å². The Labute approximate surface area is 116 Å². The van der Waals surface area contributed by atoms with E-state index >= 15 is 0 Å². The van der Waals surface area contributed by atoms with Gasteiger partial charge in [0.2, 0.25) is 0 Å². The quantitative estimate of drug-likeness (QED) is 0.470. The fourth-order valence-electron chi connectivity index (χ4n) is 1.72. The third-order valence-corrected chi connectivity index (χ3v) is 2.65. The zero-order valence-corrected chi connectivity index (χ0v) is 11.5. The fourth-order valence-corrected chi connectivity index (χ4v) is 1.72. The molecule has 0 aliphatic heterocycles. The van der Waals surface area contributed by atoms with Gasteiger partial charge in [0.1, 0.15) is 0 Å². The second-order valence-electron chi connectivity index (χ2n) is 4.22. The summed E-state index contributed by atoms with van der Waals surface area (Å²) in [6.45, 7) is 11.5. The molecule has 0 unspecified atom stereocenters. The maximum atomic E-state index is 5.58. The van der Waals surface area contributed by atoms with Gasteiger partial charge in [-0.25, -0.2) is 0 Å². The maximum absolute atomic E-state index is 5.58. The van der Waals surface area contributed by atoms with Crippen molar-refractivity contribution in [3.8, 4) is 0 Å². The summed E-state index contributed by atoms with van der Waals surface area (Å²) >= 11 is 0. The lowest BCUT2D eigenvalue weighted by Crippen LogP contribution is -2.27. The third-order valence-electron chi connectivity index (χ3n) is 2.65. The number of rotatable bonds is 10. The van der Waals surface area contributed by atoms with Crippen LogP contribution in [0.4, 0.5) is 0 Å². The van der Waals surface area contributed by atoms with Gasteiger partial charge in [0.25, 0.3) is 0 Å². The molecule has 0 saturated carbocycles. The molecular weight excluding hydrogens is 234 g/mol. The summed E-state index contributed by atoms with van der Waals surface area (Å²) in [6.07, 6.45) is 7.92. The molecule has 0 atom stereocenters. The van der Waals surface area contributed by atoms with Gasteiger partial charge in [-0.2, -0.15) is 0 Å². The van der Waals surface area contributed by atoms with Crippen LogP contribution < -0.4 is 0 Å². The Bertz CT molecular complexity index is 374. The second-order valence-corrected chi connectivity index (χ2v) is 4.22. The molecule has 0 heterocycles. The summed E-state index contributed by atoms with van der Waals surface area (Å²) in [5.41, 5.74) is 1.20. The molecule has 0 aromatic heterocycles. The summed E-state index contributed by atoms with van der Waals surface area (Å²) in [4.78, 5) is 2.24. The summed E-state index contributed by atoms with van der Waals surface area (Å²) in [6, 6.07) is 10.2. The van der Waals surface area contributed by atoms with Gasteiger partial charge in [0.05, 0.1) is 13.2 Å². The first-order valence-electron chi connectivity index (χ1n) is 6.60. The van der Waals surface area contributed by atoms with E-state index in [0.717, 1.165) is 26.2 Å². The normalized spacial score (nSPS) is 11.0. The molecule has 0 amide bonds. The van der Waals surface area contributed by atoms with Crippen LogP contribution in [-0.2, 0) is 4.74 Å². The zero-order chi connectivity index (χ0) is 13.8. The van der Waals surface area contributed by atoms with Gasteiger partial charge in [-0.15, -0.1) is 13.2 Å². The molecule has 0 spiro atoms.